The smallest absolute Gasteiger partial charge is 0.314 e. The molecule has 0 saturated heterocycles. The van der Waals surface area contributed by atoms with E-state index in [1.54, 1.807) is 0 Å². The number of aliphatic carboxylic acids is 1. The molecule has 2 rings (SSSR count). The number of carboxylic acids is 1. The second kappa shape index (κ2) is 3.76. The van der Waals surface area contributed by atoms with Crippen molar-refractivity contribution >= 4 is 17.5 Å². The highest BCUT2D eigenvalue weighted by Crippen LogP contribution is 2.41. The lowest BCUT2D eigenvalue weighted by molar-refractivity contribution is -0.157. The highest BCUT2D eigenvalue weighted by molar-refractivity contribution is 6.41. The summed E-state index contributed by atoms with van der Waals surface area (Å²) in [7, 11) is 0. The lowest BCUT2D eigenvalue weighted by Crippen LogP contribution is -2.46. The van der Waals surface area contributed by atoms with Crippen LogP contribution in [-0.2, 0) is 14.4 Å². The van der Waals surface area contributed by atoms with Gasteiger partial charge in [-0.25, -0.2) is 0 Å². The molecule has 0 aromatic heterocycles. The summed E-state index contributed by atoms with van der Waals surface area (Å²) in [6.45, 7) is 0. The van der Waals surface area contributed by atoms with E-state index in [0.29, 0.717) is 0 Å². The van der Waals surface area contributed by atoms with E-state index in [1.165, 1.54) is 0 Å². The summed E-state index contributed by atoms with van der Waals surface area (Å²) in [5.41, 5.74) is 0. The first kappa shape index (κ1) is 10.3. The van der Waals surface area contributed by atoms with Crippen molar-refractivity contribution in [3.8, 4) is 0 Å². The standard InChI is InChI=1S/C11H14O4/c12-8-5-6-3-1-2-4-7(6)9(10(8)13)11(14)15/h6-7,9H,1-5H2,(H,14,15). The van der Waals surface area contributed by atoms with Crippen molar-refractivity contribution in [2.45, 2.75) is 32.1 Å². The van der Waals surface area contributed by atoms with Gasteiger partial charge in [-0.2, -0.15) is 0 Å². The summed E-state index contributed by atoms with van der Waals surface area (Å²) < 4.78 is 0. The van der Waals surface area contributed by atoms with Gasteiger partial charge in [0, 0.05) is 6.42 Å². The minimum atomic E-state index is -1.12. The summed E-state index contributed by atoms with van der Waals surface area (Å²) in [5.74, 6) is -3.30. The Bertz CT molecular complexity index is 321. The predicted molar refractivity (Wildman–Crippen MR) is 51.2 cm³/mol. The monoisotopic (exact) mass is 210 g/mol. The molecule has 82 valence electrons. The summed E-state index contributed by atoms with van der Waals surface area (Å²) in [5, 5.41) is 8.99. The van der Waals surface area contributed by atoms with E-state index in [9.17, 15) is 14.4 Å². The lowest BCUT2D eigenvalue weighted by atomic mass is 9.64. The summed E-state index contributed by atoms with van der Waals surface area (Å²) >= 11 is 0. The van der Waals surface area contributed by atoms with E-state index >= 15 is 0 Å². The van der Waals surface area contributed by atoms with Crippen LogP contribution in [0.1, 0.15) is 32.1 Å². The largest absolute Gasteiger partial charge is 0.481 e. The summed E-state index contributed by atoms with van der Waals surface area (Å²) in [6.07, 6.45) is 3.97. The molecule has 4 nitrogen and oxygen atoms in total. The summed E-state index contributed by atoms with van der Waals surface area (Å²) in [6, 6.07) is 0. The number of fused-ring (bicyclic) bond motifs is 1. The SMILES string of the molecule is O=C1CC2CCCCC2C(C(=O)O)C1=O. The van der Waals surface area contributed by atoms with Crippen LogP contribution in [0, 0.1) is 17.8 Å². The van der Waals surface area contributed by atoms with Crippen LogP contribution >= 0.6 is 0 Å². The van der Waals surface area contributed by atoms with Gasteiger partial charge in [0.1, 0.15) is 5.92 Å². The Morgan fingerprint density at radius 3 is 2.53 bits per heavy atom. The Labute approximate surface area is 87.7 Å². The zero-order valence-corrected chi connectivity index (χ0v) is 8.44. The van der Waals surface area contributed by atoms with Crippen LogP contribution in [0.15, 0.2) is 0 Å². The van der Waals surface area contributed by atoms with Gasteiger partial charge in [-0.15, -0.1) is 0 Å². The van der Waals surface area contributed by atoms with E-state index in [1.807, 2.05) is 0 Å². The normalized spacial score (nSPS) is 36.1. The van der Waals surface area contributed by atoms with Crippen molar-refractivity contribution in [1.82, 2.24) is 0 Å². The van der Waals surface area contributed by atoms with Gasteiger partial charge < -0.3 is 5.11 Å². The van der Waals surface area contributed by atoms with Gasteiger partial charge in [0.2, 0.25) is 5.78 Å². The van der Waals surface area contributed by atoms with E-state index in [2.05, 4.69) is 0 Å². The molecular weight excluding hydrogens is 196 g/mol. The van der Waals surface area contributed by atoms with E-state index in [4.69, 9.17) is 5.11 Å². The molecule has 0 spiro atoms. The molecule has 2 aliphatic rings. The average Bonchev–Trinajstić information content (AvgIpc) is 2.19. The number of Topliss-reactive ketones (excluding diaryl/α,β-unsaturated/α-hetero) is 2. The molecule has 0 aromatic carbocycles. The van der Waals surface area contributed by atoms with Gasteiger partial charge in [-0.3, -0.25) is 14.4 Å². The number of rotatable bonds is 1. The van der Waals surface area contributed by atoms with Crippen molar-refractivity contribution in [2.24, 2.45) is 17.8 Å². The molecule has 0 amide bonds. The van der Waals surface area contributed by atoms with Crippen LogP contribution in [0.2, 0.25) is 0 Å². The number of hydrogen-bond acceptors (Lipinski definition) is 3. The number of carbonyl (C=O) groups is 3. The van der Waals surface area contributed by atoms with Gasteiger partial charge >= 0.3 is 5.97 Å². The van der Waals surface area contributed by atoms with Crippen LogP contribution in [-0.4, -0.2) is 22.6 Å². The second-order valence-electron chi connectivity index (χ2n) is 4.52. The molecule has 0 heterocycles. The first-order valence-electron chi connectivity index (χ1n) is 5.41. The van der Waals surface area contributed by atoms with Crippen LogP contribution < -0.4 is 0 Å². The molecule has 15 heavy (non-hydrogen) atoms. The van der Waals surface area contributed by atoms with Crippen LogP contribution in [0.3, 0.4) is 0 Å². The maximum absolute atomic E-state index is 11.5. The second-order valence-corrected chi connectivity index (χ2v) is 4.52. The number of carbonyl (C=O) groups excluding carboxylic acids is 2. The Morgan fingerprint density at radius 1 is 1.20 bits per heavy atom. The van der Waals surface area contributed by atoms with Crippen LogP contribution in [0.4, 0.5) is 0 Å². The minimum Gasteiger partial charge on any atom is -0.481 e. The number of carboxylic acid groups (broad SMARTS) is 1. The molecule has 3 atom stereocenters. The minimum absolute atomic E-state index is 0.0959. The lowest BCUT2D eigenvalue weighted by Gasteiger charge is -2.37. The highest BCUT2D eigenvalue weighted by atomic mass is 16.4. The van der Waals surface area contributed by atoms with Gasteiger partial charge in [-0.1, -0.05) is 12.8 Å². The van der Waals surface area contributed by atoms with Crippen molar-refractivity contribution in [1.29, 1.82) is 0 Å². The molecule has 2 saturated carbocycles. The van der Waals surface area contributed by atoms with Crippen molar-refractivity contribution < 1.29 is 19.5 Å². The van der Waals surface area contributed by atoms with E-state index in [0.717, 1.165) is 25.7 Å². The first-order chi connectivity index (χ1) is 7.11. The molecule has 0 bridgehead atoms. The zero-order chi connectivity index (χ0) is 11.0. The number of hydrogen-bond donors (Lipinski definition) is 1. The molecule has 0 aromatic rings. The highest BCUT2D eigenvalue weighted by Gasteiger charge is 2.47. The molecule has 2 aliphatic carbocycles. The molecule has 4 heteroatoms. The van der Waals surface area contributed by atoms with Crippen LogP contribution in [0.25, 0.3) is 0 Å². The molecular formula is C11H14O4. The van der Waals surface area contributed by atoms with Crippen molar-refractivity contribution in [2.75, 3.05) is 0 Å². The van der Waals surface area contributed by atoms with Gasteiger partial charge in [0.15, 0.2) is 5.78 Å². The van der Waals surface area contributed by atoms with E-state index < -0.39 is 23.5 Å². The Kier molecular flexibility index (Phi) is 2.59. The molecule has 1 N–H and O–H groups in total. The third kappa shape index (κ3) is 1.68. The van der Waals surface area contributed by atoms with Crippen LogP contribution in [0.5, 0.6) is 0 Å². The maximum Gasteiger partial charge on any atom is 0.314 e. The third-order valence-electron chi connectivity index (χ3n) is 3.67. The predicted octanol–water partition coefficient (Wildman–Crippen LogP) is 1.04. The summed E-state index contributed by atoms with van der Waals surface area (Å²) in [4.78, 5) is 33.8. The zero-order valence-electron chi connectivity index (χ0n) is 8.44. The van der Waals surface area contributed by atoms with Gasteiger partial charge in [0.25, 0.3) is 0 Å². The first-order valence-corrected chi connectivity index (χ1v) is 5.41. The fraction of sp³-hybridized carbons (Fsp3) is 0.727. The van der Waals surface area contributed by atoms with Crippen molar-refractivity contribution in [3.05, 3.63) is 0 Å². The maximum atomic E-state index is 11.5. The topological polar surface area (TPSA) is 71.4 Å². The fourth-order valence-corrected chi connectivity index (χ4v) is 2.93. The fourth-order valence-electron chi connectivity index (χ4n) is 2.93. The van der Waals surface area contributed by atoms with E-state index in [-0.39, 0.29) is 18.3 Å². The molecule has 3 unspecified atom stereocenters. The quantitative estimate of drug-likeness (QED) is 0.518. The molecule has 0 radical (unpaired) electrons. The Balaban J connectivity index is 2.27. The molecule has 2 fully saturated rings. The number of ketones is 2. The average molecular weight is 210 g/mol. The Hall–Kier alpha value is -1.19. The molecule has 0 aliphatic heterocycles. The van der Waals surface area contributed by atoms with Gasteiger partial charge in [-0.05, 0) is 24.7 Å². The van der Waals surface area contributed by atoms with Gasteiger partial charge in [0.05, 0.1) is 0 Å². The third-order valence-corrected chi connectivity index (χ3v) is 3.67. The Morgan fingerprint density at radius 2 is 1.87 bits per heavy atom. The van der Waals surface area contributed by atoms with Crippen molar-refractivity contribution in [3.63, 3.8) is 0 Å².